The number of fused-ring (bicyclic) bond motifs is 1. The molecule has 0 radical (unpaired) electrons. The van der Waals surface area contributed by atoms with E-state index in [1.54, 1.807) is 70.3 Å². The normalized spacial score (nSPS) is 22.1. The van der Waals surface area contributed by atoms with E-state index < -0.39 is 102 Å². The molecule has 4 heterocycles. The average Bonchev–Trinajstić information content (AvgIpc) is 1.56. The van der Waals surface area contributed by atoms with Crippen molar-refractivity contribution in [2.75, 3.05) is 143 Å². The number of rotatable bonds is 29. The lowest BCUT2D eigenvalue weighted by Gasteiger charge is -2.35. The molecular weight excluding hydrogens is 1340 g/mol. The Labute approximate surface area is 597 Å². The predicted molar refractivity (Wildman–Crippen MR) is 381 cm³/mol. The summed E-state index contributed by atoms with van der Waals surface area (Å²) in [5, 5.41) is 74.2. The van der Waals surface area contributed by atoms with E-state index in [9.17, 15) is 59.1 Å². The van der Waals surface area contributed by atoms with Crippen molar-refractivity contribution in [2.24, 2.45) is 0 Å². The molecule has 3 aromatic carbocycles. The molecule has 32 heteroatoms. The number of nitrogens with one attached hydrogen (secondary N) is 9. The minimum absolute atomic E-state index is 0.0145. The summed E-state index contributed by atoms with van der Waals surface area (Å²) >= 11 is 1.19. The first kappa shape index (κ1) is 80.6. The van der Waals surface area contributed by atoms with E-state index in [1.807, 2.05) is 34.1 Å². The first-order valence-electron chi connectivity index (χ1n) is 34.8. The third-order valence-corrected chi connectivity index (χ3v) is 19.4. The molecule has 0 saturated carbocycles. The summed E-state index contributed by atoms with van der Waals surface area (Å²) in [5.41, 5.74) is 2.53. The highest BCUT2D eigenvalue weighted by Crippen LogP contribution is 2.29. The summed E-state index contributed by atoms with van der Waals surface area (Å²) in [6.07, 6.45) is 2.56. The number of nitrogens with zero attached hydrogens (tertiary/aromatic N) is 6. The van der Waals surface area contributed by atoms with Crippen molar-refractivity contribution in [2.45, 2.75) is 107 Å². The maximum atomic E-state index is 15.3. The van der Waals surface area contributed by atoms with Gasteiger partial charge in [-0.05, 0) is 66.8 Å². The van der Waals surface area contributed by atoms with Gasteiger partial charge in [-0.3, -0.25) is 77.2 Å². The zero-order chi connectivity index (χ0) is 73.7. The number of unbranched alkanes of at least 4 members (excludes halogenated alkanes) is 3. The molecule has 3 saturated heterocycles. The number of amides is 8. The number of benzene rings is 3. The average molecular weight is 1440 g/mol. The van der Waals surface area contributed by atoms with E-state index in [-0.39, 0.29) is 120 Å². The van der Waals surface area contributed by atoms with E-state index in [0.29, 0.717) is 81.9 Å². The largest absolute Gasteiger partial charge is 0.508 e. The van der Waals surface area contributed by atoms with Crippen LogP contribution in [0.4, 0.5) is 0 Å². The van der Waals surface area contributed by atoms with Gasteiger partial charge in [0.1, 0.15) is 42.0 Å². The number of aliphatic carboxylic acids is 3. The van der Waals surface area contributed by atoms with Gasteiger partial charge >= 0.3 is 17.9 Å². The Morgan fingerprint density at radius 2 is 1.03 bits per heavy atom. The molecule has 31 nitrogen and oxygen atoms in total. The van der Waals surface area contributed by atoms with Crippen LogP contribution in [-0.4, -0.2) is 310 Å². The number of carboxylic acids is 3. The molecule has 0 aliphatic carbocycles. The first-order chi connectivity index (χ1) is 48.9. The van der Waals surface area contributed by atoms with E-state index in [2.05, 4.69) is 47.5 Å². The topological polar surface area (TPSA) is 420 Å². The second-order valence-corrected chi connectivity index (χ2v) is 27.4. The number of para-hydroxylation sites is 1. The lowest BCUT2D eigenvalue weighted by molar-refractivity contribution is -0.143. The van der Waals surface area contributed by atoms with Crippen molar-refractivity contribution in [1.29, 1.82) is 0 Å². The van der Waals surface area contributed by atoms with Gasteiger partial charge in [0.05, 0.1) is 38.0 Å². The molecule has 3 aliphatic heterocycles. The molecule has 4 aromatic rings. The van der Waals surface area contributed by atoms with Gasteiger partial charge in [0.15, 0.2) is 0 Å². The number of piperazine rings is 1. The second-order valence-electron chi connectivity index (χ2n) is 26.3. The fourth-order valence-corrected chi connectivity index (χ4v) is 13.5. The molecule has 0 bridgehead atoms. The highest BCUT2D eigenvalue weighted by atomic mass is 32.2. The lowest BCUT2D eigenvalue weighted by atomic mass is 9.91. The molecule has 8 amide bonds. The third kappa shape index (κ3) is 26.6. The number of aliphatic hydroxyl groups is 1. The number of phenols is 1. The zero-order valence-electron chi connectivity index (χ0n) is 58.3. The summed E-state index contributed by atoms with van der Waals surface area (Å²) in [7, 11) is 1.39. The molecule has 1 aromatic heterocycles. The number of H-pyrrole nitrogens is 1. The van der Waals surface area contributed by atoms with Gasteiger partial charge in [-0.25, -0.2) is 0 Å². The summed E-state index contributed by atoms with van der Waals surface area (Å²) in [5.74, 6) is -9.30. The van der Waals surface area contributed by atoms with Crippen molar-refractivity contribution in [1.82, 2.24) is 76.9 Å². The number of carbonyl (C=O) groups excluding carboxylic acids is 8. The van der Waals surface area contributed by atoms with Gasteiger partial charge < -0.3 is 78.0 Å². The number of aromatic amines is 1. The number of thioether (sulfide) groups is 1. The molecule has 3 aliphatic rings. The van der Waals surface area contributed by atoms with Gasteiger partial charge in [0.25, 0.3) is 0 Å². The number of hydrogen-bond donors (Lipinski definition) is 14. The van der Waals surface area contributed by atoms with Crippen LogP contribution in [0.1, 0.15) is 68.6 Å². The van der Waals surface area contributed by atoms with Crippen molar-refractivity contribution in [3.63, 3.8) is 0 Å². The molecule has 0 unspecified atom stereocenters. The van der Waals surface area contributed by atoms with Gasteiger partial charge in [0.2, 0.25) is 47.3 Å². The Kier molecular flexibility index (Phi) is 32.7. The van der Waals surface area contributed by atoms with E-state index >= 15 is 19.2 Å². The van der Waals surface area contributed by atoms with Crippen LogP contribution < -0.4 is 42.5 Å². The number of aromatic nitrogens is 1. The Hall–Kier alpha value is -8.76. The zero-order valence-corrected chi connectivity index (χ0v) is 59.1. The van der Waals surface area contributed by atoms with Crippen LogP contribution >= 0.6 is 11.8 Å². The number of hydrogen-bond acceptors (Lipinski definition) is 20. The van der Waals surface area contributed by atoms with Crippen molar-refractivity contribution < 1.29 is 78.3 Å². The van der Waals surface area contributed by atoms with Crippen LogP contribution in [0.15, 0.2) is 85.1 Å². The van der Waals surface area contributed by atoms with Crippen molar-refractivity contribution >= 4 is 87.8 Å². The lowest BCUT2D eigenvalue weighted by Crippen LogP contribution is -2.65. The van der Waals surface area contributed by atoms with Crippen LogP contribution in [-0.2, 0) is 65.6 Å². The minimum Gasteiger partial charge on any atom is -0.508 e. The molecule has 102 heavy (non-hydrogen) atoms. The van der Waals surface area contributed by atoms with Crippen LogP contribution in [0.3, 0.4) is 0 Å². The Balaban J connectivity index is 1.02. The van der Waals surface area contributed by atoms with E-state index in [0.717, 1.165) is 23.7 Å². The highest BCUT2D eigenvalue weighted by Gasteiger charge is 2.40. The number of likely N-dealkylation sites (N-methyl/N-ethyl adjacent to an activating group) is 1. The van der Waals surface area contributed by atoms with Crippen LogP contribution in [0.2, 0.25) is 0 Å². The molecule has 0 spiro atoms. The Morgan fingerprint density at radius 1 is 0.539 bits per heavy atom. The van der Waals surface area contributed by atoms with Crippen molar-refractivity contribution in [3.05, 3.63) is 102 Å². The highest BCUT2D eigenvalue weighted by molar-refractivity contribution is 7.99. The summed E-state index contributed by atoms with van der Waals surface area (Å²) in [4.78, 5) is 165. The number of aromatic hydroxyl groups is 1. The third-order valence-electron chi connectivity index (χ3n) is 18.5. The molecule has 7 rings (SSSR count). The predicted octanol–water partition coefficient (Wildman–Crippen LogP) is -1.60. The quantitative estimate of drug-likeness (QED) is 0.0272. The second kappa shape index (κ2) is 41.4. The van der Waals surface area contributed by atoms with Crippen LogP contribution in [0.5, 0.6) is 5.75 Å². The van der Waals surface area contributed by atoms with Gasteiger partial charge in [-0.1, -0.05) is 80.4 Å². The van der Waals surface area contributed by atoms with Crippen LogP contribution in [0, 0.1) is 0 Å². The molecule has 14 N–H and O–H groups in total. The molecule has 8 atom stereocenters. The van der Waals surface area contributed by atoms with Gasteiger partial charge in [-0.2, -0.15) is 11.8 Å². The van der Waals surface area contributed by atoms with E-state index in [4.69, 9.17) is 0 Å². The Bertz CT molecular complexity index is 3400. The standard InChI is InChI=1S/C70H101N15O16S/c1-46(52-39-74-53-16-10-9-15-51(52)53)63-68(99)77-56(40-81-26-24-71-25-27-81)66(97)79-64(47(2)86)69(100)76-55(38-48-13-7-6-8-14-48)70(101)80(3)57(67(98)75-54(65(96)78-63)37-49-17-19-50(87)20-18-49)21-36-102-45-59(89)73-23-12-5-4-11-22-72-58(88)41-82-28-30-83(42-60(90)91)32-34-85(44-62(94)95)35-33-84(31-29-82)43-61(92)93/h6-10,13-20,39,46-47,54-57,63-64,71,74,86-87H,4-5,11-12,21-38,40-45H2,1-3H3,(H,72,88)(H,73,89)(H,75,98)(H,76,100)(H,77,99)(H,78,96)(H,79,97)(H,90,91)(H,92,93)(H,94,95)/t46-,47+,54-,55-,56-,57-,63+,64-/m0/s1. The smallest absolute Gasteiger partial charge is 0.317 e. The maximum absolute atomic E-state index is 15.3. The van der Waals surface area contributed by atoms with Gasteiger partial charge in [-0.15, -0.1) is 0 Å². The minimum atomic E-state index is -1.66. The molecule has 3 fully saturated rings. The van der Waals surface area contributed by atoms with Gasteiger partial charge in [0, 0.05) is 141 Å². The number of carbonyl (C=O) groups is 11. The monoisotopic (exact) mass is 1440 g/mol. The summed E-state index contributed by atoms with van der Waals surface area (Å²) in [6, 6.07) is 13.5. The summed E-state index contributed by atoms with van der Waals surface area (Å²) < 4.78 is 0. The summed E-state index contributed by atoms with van der Waals surface area (Å²) in [6.45, 7) is 7.22. The number of carboxylic acid groups (broad SMARTS) is 3. The van der Waals surface area contributed by atoms with Crippen molar-refractivity contribution in [3.8, 4) is 5.75 Å². The number of phenolic OH excluding ortho intramolecular Hbond substituents is 1. The SMILES string of the molecule is C[C@@H](O)[C@@H]1NC(=O)[C@H](CN2CCNCC2)NC(=O)[C@@H]([C@@H](C)c2c[nH]c3ccccc23)NC(=O)[C@H](Cc2ccc(O)cc2)NC(=O)[C@H](CCSCC(=O)NCCCCCCNC(=O)CN2CCN(CC(=O)O)CCN(CC(=O)O)CCN(CC(=O)O)CC2)N(C)C(=O)[C@H](Cc2ccccc2)NC1=O. The fourth-order valence-electron chi connectivity index (χ4n) is 12.7. The fraction of sp³-hybridized carbons (Fsp3) is 0.557. The molecular formula is C70H101N15O16S. The van der Waals surface area contributed by atoms with E-state index in [1.165, 1.54) is 42.8 Å². The number of aliphatic hydroxyl groups excluding tert-OH is 1. The maximum Gasteiger partial charge on any atom is 0.317 e. The first-order valence-corrected chi connectivity index (χ1v) is 36.0. The Morgan fingerprint density at radius 3 is 1.61 bits per heavy atom. The van der Waals surface area contributed by atoms with Crippen LogP contribution in [0.25, 0.3) is 10.9 Å². The molecule has 558 valence electrons.